The van der Waals surface area contributed by atoms with Crippen LogP contribution in [0.15, 0.2) is 35.1 Å². The van der Waals surface area contributed by atoms with Crippen molar-refractivity contribution in [3.63, 3.8) is 0 Å². The summed E-state index contributed by atoms with van der Waals surface area (Å²) in [5.74, 6) is 0.677. The third-order valence-corrected chi connectivity index (χ3v) is 2.50. The zero-order valence-corrected chi connectivity index (χ0v) is 9.55. The summed E-state index contributed by atoms with van der Waals surface area (Å²) < 4.78 is 2.65. The monoisotopic (exact) mass is 267 g/mol. The predicted molar refractivity (Wildman–Crippen MR) is 60.2 cm³/mol. The van der Waals surface area contributed by atoms with Crippen molar-refractivity contribution in [3.05, 3.63) is 35.1 Å². The van der Waals surface area contributed by atoms with E-state index < -0.39 is 0 Å². The minimum absolute atomic E-state index is 0.0726. The van der Waals surface area contributed by atoms with E-state index in [1.165, 1.54) is 0 Å². The summed E-state index contributed by atoms with van der Waals surface area (Å²) in [6, 6.07) is 7.79. The van der Waals surface area contributed by atoms with Gasteiger partial charge in [-0.2, -0.15) is 5.10 Å². The van der Waals surface area contributed by atoms with Gasteiger partial charge in [-0.05, 0) is 12.1 Å². The van der Waals surface area contributed by atoms with E-state index in [0.29, 0.717) is 12.4 Å². The van der Waals surface area contributed by atoms with Gasteiger partial charge in [0, 0.05) is 10.0 Å². The zero-order chi connectivity index (χ0) is 10.7. The van der Waals surface area contributed by atoms with Crippen molar-refractivity contribution in [2.24, 2.45) is 0 Å². The van der Waals surface area contributed by atoms with Crippen molar-refractivity contribution in [3.8, 4) is 11.4 Å². The molecule has 0 spiro atoms. The first-order valence-corrected chi connectivity index (χ1v) is 5.35. The zero-order valence-electron chi connectivity index (χ0n) is 7.97. The van der Waals surface area contributed by atoms with Crippen LogP contribution in [0, 0.1) is 0 Å². The number of nitrogens with zero attached hydrogens (tertiary/aromatic N) is 3. The summed E-state index contributed by atoms with van der Waals surface area (Å²) in [6.07, 6.45) is 1.62. The fourth-order valence-corrected chi connectivity index (χ4v) is 1.50. The molecule has 0 atom stereocenters. The smallest absolute Gasteiger partial charge is 0.181 e. The third kappa shape index (κ3) is 2.43. The van der Waals surface area contributed by atoms with Gasteiger partial charge in [-0.3, -0.25) is 4.68 Å². The van der Waals surface area contributed by atoms with Crippen LogP contribution in [0.25, 0.3) is 11.4 Å². The van der Waals surface area contributed by atoms with Crippen LogP contribution >= 0.6 is 15.9 Å². The fraction of sp³-hybridized carbons (Fsp3) is 0.200. The van der Waals surface area contributed by atoms with Crippen LogP contribution in [0.4, 0.5) is 0 Å². The minimum atomic E-state index is 0.0726. The van der Waals surface area contributed by atoms with Crippen LogP contribution in [-0.4, -0.2) is 26.5 Å². The molecule has 0 unspecified atom stereocenters. The summed E-state index contributed by atoms with van der Waals surface area (Å²) in [5, 5.41) is 13.0. The minimum Gasteiger partial charge on any atom is -0.394 e. The molecular weight excluding hydrogens is 258 g/mol. The van der Waals surface area contributed by atoms with E-state index in [2.05, 4.69) is 26.0 Å². The van der Waals surface area contributed by atoms with E-state index >= 15 is 0 Å². The first-order valence-electron chi connectivity index (χ1n) is 4.56. The SMILES string of the molecule is OCCn1cnc(-c2ccc(Br)cc2)n1. The van der Waals surface area contributed by atoms with E-state index in [9.17, 15) is 0 Å². The van der Waals surface area contributed by atoms with Crippen LogP contribution in [-0.2, 0) is 6.54 Å². The van der Waals surface area contributed by atoms with Crippen LogP contribution in [0.2, 0.25) is 0 Å². The highest BCUT2D eigenvalue weighted by atomic mass is 79.9. The number of benzene rings is 1. The molecule has 1 aromatic carbocycles. The molecule has 0 aliphatic rings. The number of hydrogen-bond donors (Lipinski definition) is 1. The van der Waals surface area contributed by atoms with Gasteiger partial charge < -0.3 is 5.11 Å². The van der Waals surface area contributed by atoms with Gasteiger partial charge in [0.05, 0.1) is 13.2 Å². The van der Waals surface area contributed by atoms with E-state index in [1.54, 1.807) is 11.0 Å². The van der Waals surface area contributed by atoms with Gasteiger partial charge in [0.1, 0.15) is 6.33 Å². The number of halogens is 1. The summed E-state index contributed by atoms with van der Waals surface area (Å²) in [5.41, 5.74) is 0.967. The lowest BCUT2D eigenvalue weighted by Crippen LogP contribution is -2.02. The maximum Gasteiger partial charge on any atom is 0.181 e. The largest absolute Gasteiger partial charge is 0.394 e. The van der Waals surface area contributed by atoms with Crippen molar-refractivity contribution >= 4 is 15.9 Å². The van der Waals surface area contributed by atoms with Crippen LogP contribution in [0.3, 0.4) is 0 Å². The molecule has 1 aromatic heterocycles. The van der Waals surface area contributed by atoms with Crippen molar-refractivity contribution in [1.29, 1.82) is 0 Å². The molecule has 0 radical (unpaired) electrons. The van der Waals surface area contributed by atoms with Crippen molar-refractivity contribution in [1.82, 2.24) is 14.8 Å². The molecule has 0 saturated heterocycles. The summed E-state index contributed by atoms with van der Waals surface area (Å²) >= 11 is 3.37. The number of hydrogen-bond acceptors (Lipinski definition) is 3. The Morgan fingerprint density at radius 1 is 1.27 bits per heavy atom. The van der Waals surface area contributed by atoms with Gasteiger partial charge in [0.25, 0.3) is 0 Å². The van der Waals surface area contributed by atoms with E-state index in [1.807, 2.05) is 24.3 Å². The number of aliphatic hydroxyl groups excluding tert-OH is 1. The average Bonchev–Trinajstić information content (AvgIpc) is 2.68. The Kier molecular flexibility index (Phi) is 3.13. The van der Waals surface area contributed by atoms with Gasteiger partial charge >= 0.3 is 0 Å². The lowest BCUT2D eigenvalue weighted by atomic mass is 10.2. The maximum absolute atomic E-state index is 8.74. The Morgan fingerprint density at radius 3 is 2.67 bits per heavy atom. The highest BCUT2D eigenvalue weighted by Gasteiger charge is 2.03. The van der Waals surface area contributed by atoms with Gasteiger partial charge in [-0.15, -0.1) is 0 Å². The lowest BCUT2D eigenvalue weighted by molar-refractivity contribution is 0.269. The molecular formula is C10H10BrN3O. The molecule has 78 valence electrons. The Morgan fingerprint density at radius 2 is 2.00 bits per heavy atom. The molecule has 0 aliphatic carbocycles. The highest BCUT2D eigenvalue weighted by molar-refractivity contribution is 9.10. The molecule has 1 heterocycles. The molecule has 1 N–H and O–H groups in total. The first kappa shape index (κ1) is 10.3. The molecule has 4 nitrogen and oxygen atoms in total. The van der Waals surface area contributed by atoms with Gasteiger partial charge in [-0.25, -0.2) is 4.98 Å². The topological polar surface area (TPSA) is 50.9 Å². The summed E-state index contributed by atoms with van der Waals surface area (Å²) in [4.78, 5) is 4.16. The van der Waals surface area contributed by atoms with Gasteiger partial charge in [0.2, 0.25) is 0 Å². The Labute approximate surface area is 95.7 Å². The molecule has 2 aromatic rings. The molecule has 0 bridgehead atoms. The Balaban J connectivity index is 2.25. The summed E-state index contributed by atoms with van der Waals surface area (Å²) in [7, 11) is 0. The second-order valence-electron chi connectivity index (χ2n) is 3.06. The predicted octanol–water partition coefficient (Wildman–Crippen LogP) is 1.70. The maximum atomic E-state index is 8.74. The molecule has 5 heteroatoms. The lowest BCUT2D eigenvalue weighted by Gasteiger charge is -1.96. The van der Waals surface area contributed by atoms with Gasteiger partial charge in [-0.1, -0.05) is 28.1 Å². The first-order chi connectivity index (χ1) is 7.29. The van der Waals surface area contributed by atoms with Crippen molar-refractivity contribution in [2.75, 3.05) is 6.61 Å². The van der Waals surface area contributed by atoms with E-state index in [-0.39, 0.29) is 6.61 Å². The second-order valence-corrected chi connectivity index (χ2v) is 3.98. The normalized spacial score (nSPS) is 10.5. The molecule has 2 rings (SSSR count). The third-order valence-electron chi connectivity index (χ3n) is 1.97. The van der Waals surface area contributed by atoms with Crippen molar-refractivity contribution in [2.45, 2.75) is 6.54 Å². The summed E-state index contributed by atoms with van der Waals surface area (Å²) in [6.45, 7) is 0.548. The molecule has 0 aliphatic heterocycles. The number of rotatable bonds is 3. The fourth-order valence-electron chi connectivity index (χ4n) is 1.24. The van der Waals surface area contributed by atoms with Gasteiger partial charge in [0.15, 0.2) is 5.82 Å². The van der Waals surface area contributed by atoms with E-state index in [0.717, 1.165) is 10.0 Å². The Bertz CT molecular complexity index is 438. The van der Waals surface area contributed by atoms with E-state index in [4.69, 9.17) is 5.11 Å². The quantitative estimate of drug-likeness (QED) is 0.921. The molecule has 0 saturated carbocycles. The molecule has 0 amide bonds. The average molecular weight is 268 g/mol. The Hall–Kier alpha value is -1.20. The second kappa shape index (κ2) is 4.55. The van der Waals surface area contributed by atoms with Crippen molar-refractivity contribution < 1.29 is 5.11 Å². The molecule has 0 fully saturated rings. The number of aromatic nitrogens is 3. The highest BCUT2D eigenvalue weighted by Crippen LogP contribution is 2.17. The standard InChI is InChI=1S/C10H10BrN3O/c11-9-3-1-8(2-4-9)10-12-7-14(13-10)5-6-15/h1-4,7,15H,5-6H2. The van der Waals surface area contributed by atoms with Crippen LogP contribution < -0.4 is 0 Å². The van der Waals surface area contributed by atoms with Crippen LogP contribution in [0.1, 0.15) is 0 Å². The van der Waals surface area contributed by atoms with Crippen LogP contribution in [0.5, 0.6) is 0 Å². The number of aliphatic hydroxyl groups is 1. The molecule has 15 heavy (non-hydrogen) atoms.